The van der Waals surface area contributed by atoms with E-state index in [0.717, 1.165) is 35.0 Å². The van der Waals surface area contributed by atoms with E-state index in [-0.39, 0.29) is 11.0 Å². The van der Waals surface area contributed by atoms with Crippen molar-refractivity contribution in [2.75, 3.05) is 14.2 Å². The summed E-state index contributed by atoms with van der Waals surface area (Å²) in [5.41, 5.74) is 2.50. The molecule has 5 nitrogen and oxygen atoms in total. The van der Waals surface area contributed by atoms with Crippen LogP contribution in [-0.2, 0) is 19.3 Å². The van der Waals surface area contributed by atoms with Crippen molar-refractivity contribution in [1.82, 2.24) is 9.97 Å². The van der Waals surface area contributed by atoms with Crippen molar-refractivity contribution in [1.29, 1.82) is 0 Å². The first-order chi connectivity index (χ1) is 13.8. The molecule has 3 aromatic rings. The topological polar surface area (TPSA) is 64.2 Å². The molecule has 154 valence electrons. The first kappa shape index (κ1) is 20.0. The summed E-state index contributed by atoms with van der Waals surface area (Å²) < 4.78 is 10.7. The lowest BCUT2D eigenvalue weighted by atomic mass is 9.72. The number of aromatic nitrogens is 2. The molecule has 0 saturated carbocycles. The molecule has 1 N–H and O–H groups in total. The van der Waals surface area contributed by atoms with Gasteiger partial charge in [-0.15, -0.1) is 11.3 Å². The van der Waals surface area contributed by atoms with E-state index in [1.54, 1.807) is 25.6 Å². The van der Waals surface area contributed by atoms with E-state index in [9.17, 15) is 4.79 Å². The lowest BCUT2D eigenvalue weighted by Crippen LogP contribution is -2.26. The predicted molar refractivity (Wildman–Crippen MR) is 118 cm³/mol. The molecule has 1 aromatic carbocycles. The molecule has 1 unspecified atom stereocenters. The third-order valence-electron chi connectivity index (χ3n) is 6.01. The average molecular weight is 413 g/mol. The highest BCUT2D eigenvalue weighted by Gasteiger charge is 2.31. The van der Waals surface area contributed by atoms with E-state index >= 15 is 0 Å². The van der Waals surface area contributed by atoms with Crippen molar-refractivity contribution in [3.05, 3.63) is 50.4 Å². The summed E-state index contributed by atoms with van der Waals surface area (Å²) in [6.45, 7) is 6.92. The van der Waals surface area contributed by atoms with Gasteiger partial charge in [-0.2, -0.15) is 0 Å². The summed E-state index contributed by atoms with van der Waals surface area (Å²) in [5.74, 6) is 2.69. The first-order valence-corrected chi connectivity index (χ1v) is 10.9. The fourth-order valence-electron chi connectivity index (χ4n) is 4.24. The molecule has 0 spiro atoms. The number of ether oxygens (including phenoxy) is 2. The van der Waals surface area contributed by atoms with Gasteiger partial charge in [0.15, 0.2) is 11.5 Å². The SMILES string of the molecule is COc1ccc(Cc2nc3sc4c(c3c(=O)[nH]2)CCC(C(C)(C)C)C4)cc1OC. The van der Waals surface area contributed by atoms with Crippen molar-refractivity contribution in [2.45, 2.75) is 46.5 Å². The molecule has 2 aromatic heterocycles. The quantitative estimate of drug-likeness (QED) is 0.672. The molecule has 0 fully saturated rings. The summed E-state index contributed by atoms with van der Waals surface area (Å²) in [4.78, 5) is 22.9. The van der Waals surface area contributed by atoms with E-state index in [1.807, 2.05) is 18.2 Å². The normalized spacial score (nSPS) is 16.7. The summed E-state index contributed by atoms with van der Waals surface area (Å²) in [6.07, 6.45) is 3.69. The number of hydrogen-bond donors (Lipinski definition) is 1. The van der Waals surface area contributed by atoms with Crippen LogP contribution in [0.3, 0.4) is 0 Å². The number of aromatic amines is 1. The van der Waals surface area contributed by atoms with Crippen LogP contribution in [-0.4, -0.2) is 24.2 Å². The van der Waals surface area contributed by atoms with Crippen molar-refractivity contribution in [3.8, 4) is 11.5 Å². The monoisotopic (exact) mass is 412 g/mol. The molecule has 4 rings (SSSR count). The number of nitrogens with zero attached hydrogens (tertiary/aromatic N) is 1. The van der Waals surface area contributed by atoms with E-state index in [1.165, 1.54) is 10.4 Å². The lowest BCUT2D eigenvalue weighted by Gasteiger charge is -2.33. The van der Waals surface area contributed by atoms with Crippen LogP contribution in [0, 0.1) is 11.3 Å². The van der Waals surface area contributed by atoms with Crippen LogP contribution in [0.15, 0.2) is 23.0 Å². The van der Waals surface area contributed by atoms with Crippen molar-refractivity contribution in [3.63, 3.8) is 0 Å². The largest absolute Gasteiger partial charge is 0.493 e. The highest BCUT2D eigenvalue weighted by molar-refractivity contribution is 7.18. The summed E-state index contributed by atoms with van der Waals surface area (Å²) in [6, 6.07) is 5.77. The number of benzene rings is 1. The average Bonchev–Trinajstić information content (AvgIpc) is 3.05. The van der Waals surface area contributed by atoms with Crippen LogP contribution in [0.25, 0.3) is 10.2 Å². The van der Waals surface area contributed by atoms with E-state index in [0.29, 0.717) is 29.7 Å². The fourth-order valence-corrected chi connectivity index (χ4v) is 5.55. The Kier molecular flexibility index (Phi) is 5.15. The second-order valence-corrected chi connectivity index (χ2v) is 9.95. The first-order valence-electron chi connectivity index (χ1n) is 10.0. The number of aryl methyl sites for hydroxylation is 1. The number of nitrogens with one attached hydrogen (secondary N) is 1. The van der Waals surface area contributed by atoms with Crippen LogP contribution in [0.2, 0.25) is 0 Å². The Balaban J connectivity index is 1.68. The predicted octanol–water partition coefficient (Wildman–Crippen LogP) is 4.74. The van der Waals surface area contributed by atoms with Gasteiger partial charge in [-0.25, -0.2) is 4.98 Å². The van der Waals surface area contributed by atoms with E-state index in [2.05, 4.69) is 25.8 Å². The molecule has 6 heteroatoms. The van der Waals surface area contributed by atoms with Crippen molar-refractivity contribution < 1.29 is 9.47 Å². The maximum absolute atomic E-state index is 12.9. The Hall–Kier alpha value is -2.34. The number of fused-ring (bicyclic) bond motifs is 3. The zero-order valence-electron chi connectivity index (χ0n) is 17.7. The Morgan fingerprint density at radius 2 is 1.97 bits per heavy atom. The highest BCUT2D eigenvalue weighted by Crippen LogP contribution is 2.42. The van der Waals surface area contributed by atoms with Crippen LogP contribution >= 0.6 is 11.3 Å². The fraction of sp³-hybridized carbons (Fsp3) is 0.478. The van der Waals surface area contributed by atoms with Gasteiger partial charge in [0.1, 0.15) is 10.7 Å². The maximum atomic E-state index is 12.9. The number of thiophene rings is 1. The van der Waals surface area contributed by atoms with Gasteiger partial charge < -0.3 is 14.5 Å². The zero-order chi connectivity index (χ0) is 20.8. The smallest absolute Gasteiger partial charge is 0.259 e. The second-order valence-electron chi connectivity index (χ2n) is 8.87. The van der Waals surface area contributed by atoms with Gasteiger partial charge in [0, 0.05) is 11.3 Å². The van der Waals surface area contributed by atoms with Gasteiger partial charge in [0.05, 0.1) is 19.6 Å². The van der Waals surface area contributed by atoms with Gasteiger partial charge in [-0.1, -0.05) is 26.8 Å². The number of H-pyrrole nitrogens is 1. The Bertz CT molecular complexity index is 1110. The van der Waals surface area contributed by atoms with Crippen molar-refractivity contribution >= 4 is 21.6 Å². The molecule has 29 heavy (non-hydrogen) atoms. The highest BCUT2D eigenvalue weighted by atomic mass is 32.1. The Morgan fingerprint density at radius 1 is 1.21 bits per heavy atom. The minimum Gasteiger partial charge on any atom is -0.493 e. The van der Waals surface area contributed by atoms with Crippen LogP contribution in [0.5, 0.6) is 11.5 Å². The molecule has 1 atom stereocenters. The minimum atomic E-state index is -0.0165. The van der Waals surface area contributed by atoms with Gasteiger partial charge in [0.25, 0.3) is 5.56 Å². The standard InChI is InChI=1S/C23H28N2O3S/c1-23(2,3)14-7-8-15-18(12-14)29-22-20(15)21(26)24-19(25-22)11-13-6-9-16(27-4)17(10-13)28-5/h6,9-10,14H,7-8,11-12H2,1-5H3,(H,24,25,26). The van der Waals surface area contributed by atoms with E-state index in [4.69, 9.17) is 14.5 Å². The Morgan fingerprint density at radius 3 is 2.66 bits per heavy atom. The van der Waals surface area contributed by atoms with Crippen LogP contribution in [0.4, 0.5) is 0 Å². The van der Waals surface area contributed by atoms with Gasteiger partial charge in [-0.05, 0) is 53.9 Å². The molecular weight excluding hydrogens is 384 g/mol. The van der Waals surface area contributed by atoms with Crippen LogP contribution in [0.1, 0.15) is 49.0 Å². The molecule has 1 aliphatic rings. The minimum absolute atomic E-state index is 0.0165. The molecule has 1 aliphatic carbocycles. The summed E-state index contributed by atoms with van der Waals surface area (Å²) in [5, 5.41) is 0.799. The Labute approximate surface area is 175 Å². The number of methoxy groups -OCH3 is 2. The number of rotatable bonds is 4. The third kappa shape index (κ3) is 3.78. The van der Waals surface area contributed by atoms with Crippen LogP contribution < -0.4 is 15.0 Å². The number of hydrogen-bond acceptors (Lipinski definition) is 5. The maximum Gasteiger partial charge on any atom is 0.259 e. The lowest BCUT2D eigenvalue weighted by molar-refractivity contribution is 0.218. The van der Waals surface area contributed by atoms with Gasteiger partial charge >= 0.3 is 0 Å². The summed E-state index contributed by atoms with van der Waals surface area (Å²) >= 11 is 1.70. The molecule has 0 radical (unpaired) electrons. The second kappa shape index (κ2) is 7.48. The van der Waals surface area contributed by atoms with E-state index < -0.39 is 0 Å². The molecular formula is C23H28N2O3S. The zero-order valence-corrected chi connectivity index (χ0v) is 18.5. The molecule has 0 aliphatic heterocycles. The third-order valence-corrected chi connectivity index (χ3v) is 7.16. The molecule has 2 heterocycles. The van der Waals surface area contributed by atoms with Crippen molar-refractivity contribution in [2.24, 2.45) is 11.3 Å². The van der Waals surface area contributed by atoms with Gasteiger partial charge in [-0.3, -0.25) is 4.79 Å². The molecule has 0 bridgehead atoms. The van der Waals surface area contributed by atoms with Gasteiger partial charge in [0.2, 0.25) is 0 Å². The summed E-state index contributed by atoms with van der Waals surface area (Å²) in [7, 11) is 3.24. The molecule has 0 amide bonds. The molecule has 0 saturated heterocycles.